The van der Waals surface area contributed by atoms with Crippen molar-refractivity contribution in [3.05, 3.63) is 29.3 Å². The van der Waals surface area contributed by atoms with E-state index in [2.05, 4.69) is 67.8 Å². The van der Waals surface area contributed by atoms with Gasteiger partial charge in [-0.1, -0.05) is 32.9 Å². The van der Waals surface area contributed by atoms with Crippen molar-refractivity contribution in [1.82, 2.24) is 5.32 Å². The zero-order valence-electron chi connectivity index (χ0n) is 13.1. The molecule has 1 fully saturated rings. The van der Waals surface area contributed by atoms with Crippen LogP contribution in [0.4, 0.5) is 0 Å². The van der Waals surface area contributed by atoms with Gasteiger partial charge in [0.15, 0.2) is 0 Å². The number of benzene rings is 1. The topological polar surface area (TPSA) is 21.3 Å². The summed E-state index contributed by atoms with van der Waals surface area (Å²) in [4.78, 5) is 0. The van der Waals surface area contributed by atoms with Gasteiger partial charge in [-0.3, -0.25) is 0 Å². The van der Waals surface area contributed by atoms with Gasteiger partial charge in [0.1, 0.15) is 5.75 Å². The van der Waals surface area contributed by atoms with Gasteiger partial charge in [0, 0.05) is 34.0 Å². The van der Waals surface area contributed by atoms with Crippen LogP contribution in [-0.4, -0.2) is 34.7 Å². The summed E-state index contributed by atoms with van der Waals surface area (Å²) in [5.74, 6) is 2.32. The number of nitrogens with one attached hydrogen (secondary N) is 1. The van der Waals surface area contributed by atoms with Crippen LogP contribution in [0, 0.1) is 0 Å². The summed E-state index contributed by atoms with van der Waals surface area (Å²) in [7, 11) is 0. The van der Waals surface area contributed by atoms with Crippen molar-refractivity contribution >= 4 is 23.5 Å². The first-order chi connectivity index (χ1) is 10.2. The van der Waals surface area contributed by atoms with E-state index in [-0.39, 0.29) is 0 Å². The van der Waals surface area contributed by atoms with E-state index in [1.807, 2.05) is 0 Å². The summed E-state index contributed by atoms with van der Waals surface area (Å²) in [6.07, 6.45) is 1.06. The molecule has 2 aliphatic heterocycles. The van der Waals surface area contributed by atoms with Crippen LogP contribution in [0.15, 0.2) is 18.2 Å². The van der Waals surface area contributed by atoms with Crippen LogP contribution in [0.2, 0.25) is 0 Å². The van der Waals surface area contributed by atoms with E-state index in [1.54, 1.807) is 0 Å². The fraction of sp³-hybridized carbons (Fsp3) is 0.647. The average molecular weight is 324 g/mol. The molecule has 4 atom stereocenters. The molecule has 2 nitrogen and oxygen atoms in total. The van der Waals surface area contributed by atoms with E-state index >= 15 is 0 Å². The molecule has 0 aromatic heterocycles. The minimum atomic E-state index is 0.452. The fourth-order valence-corrected chi connectivity index (χ4v) is 6.18. The van der Waals surface area contributed by atoms with E-state index in [0.29, 0.717) is 11.3 Å². The minimum absolute atomic E-state index is 0.452. The Balaban J connectivity index is 1.81. The Kier molecular flexibility index (Phi) is 5.07. The first-order valence-electron chi connectivity index (χ1n) is 7.95. The Labute approximate surface area is 136 Å². The number of hydrogen-bond donors (Lipinski definition) is 1. The monoisotopic (exact) mass is 323 g/mol. The highest BCUT2D eigenvalue weighted by molar-refractivity contribution is 8.07. The predicted octanol–water partition coefficient (Wildman–Crippen LogP) is 3.90. The lowest BCUT2D eigenvalue weighted by atomic mass is 10.0. The Morgan fingerprint density at radius 2 is 2.19 bits per heavy atom. The summed E-state index contributed by atoms with van der Waals surface area (Å²) in [5, 5.41) is 5.87. The molecule has 1 aromatic carbocycles. The van der Waals surface area contributed by atoms with Crippen LogP contribution >= 0.6 is 23.5 Å². The van der Waals surface area contributed by atoms with E-state index < -0.39 is 0 Å². The highest BCUT2D eigenvalue weighted by Gasteiger charge is 2.32. The molecule has 0 saturated carbocycles. The predicted molar refractivity (Wildman–Crippen MR) is 94.8 cm³/mol. The second kappa shape index (κ2) is 6.84. The normalized spacial score (nSPS) is 29.8. The van der Waals surface area contributed by atoms with Gasteiger partial charge in [-0.2, -0.15) is 23.5 Å². The van der Waals surface area contributed by atoms with Gasteiger partial charge >= 0.3 is 0 Å². The third kappa shape index (κ3) is 3.38. The van der Waals surface area contributed by atoms with Gasteiger partial charge in [0.05, 0.1) is 6.61 Å². The highest BCUT2D eigenvalue weighted by atomic mass is 32.2. The first-order valence-corrected chi connectivity index (χ1v) is 9.94. The zero-order chi connectivity index (χ0) is 14.8. The zero-order valence-corrected chi connectivity index (χ0v) is 14.7. The molecule has 4 unspecified atom stereocenters. The van der Waals surface area contributed by atoms with E-state index in [0.717, 1.165) is 35.8 Å². The maximum atomic E-state index is 5.64. The van der Waals surface area contributed by atoms with Crippen LogP contribution in [0.3, 0.4) is 0 Å². The third-order valence-electron chi connectivity index (χ3n) is 4.44. The Hall–Kier alpha value is -0.320. The first kappa shape index (κ1) is 15.6. The lowest BCUT2D eigenvalue weighted by molar-refractivity contribution is 0.356. The fourth-order valence-electron chi connectivity index (χ4n) is 3.07. The van der Waals surface area contributed by atoms with Crippen LogP contribution in [-0.2, 0) is 6.42 Å². The molecule has 2 heterocycles. The summed E-state index contributed by atoms with van der Waals surface area (Å²) in [6.45, 7) is 8.79. The van der Waals surface area contributed by atoms with Crippen LogP contribution in [0.25, 0.3) is 0 Å². The van der Waals surface area contributed by atoms with Gasteiger partial charge in [0.2, 0.25) is 0 Å². The lowest BCUT2D eigenvalue weighted by Gasteiger charge is -2.36. The molecule has 0 radical (unpaired) electrons. The van der Waals surface area contributed by atoms with Crippen LogP contribution in [0.5, 0.6) is 5.75 Å². The molecule has 3 rings (SSSR count). The molecule has 1 saturated heterocycles. The maximum absolute atomic E-state index is 5.64. The van der Waals surface area contributed by atoms with Crippen molar-refractivity contribution in [1.29, 1.82) is 0 Å². The van der Waals surface area contributed by atoms with Crippen LogP contribution < -0.4 is 10.1 Å². The van der Waals surface area contributed by atoms with E-state index in [4.69, 9.17) is 4.74 Å². The van der Waals surface area contributed by atoms with Gasteiger partial charge in [-0.25, -0.2) is 0 Å². The minimum Gasteiger partial charge on any atom is -0.493 e. The molecule has 0 amide bonds. The molecule has 116 valence electrons. The van der Waals surface area contributed by atoms with Gasteiger partial charge in [-0.05, 0) is 23.7 Å². The number of fused-ring (bicyclic) bond motifs is 1. The number of hydrogen-bond acceptors (Lipinski definition) is 4. The molecular weight excluding hydrogens is 298 g/mol. The Morgan fingerprint density at radius 1 is 1.33 bits per heavy atom. The lowest BCUT2D eigenvalue weighted by Crippen LogP contribution is -2.37. The van der Waals surface area contributed by atoms with Crippen molar-refractivity contribution in [3.8, 4) is 5.75 Å². The van der Waals surface area contributed by atoms with Gasteiger partial charge in [0.25, 0.3) is 0 Å². The average Bonchev–Trinajstić information content (AvgIpc) is 2.95. The second-order valence-corrected chi connectivity index (χ2v) is 8.95. The van der Waals surface area contributed by atoms with Crippen molar-refractivity contribution in [2.45, 2.75) is 49.0 Å². The maximum Gasteiger partial charge on any atom is 0.122 e. The molecule has 0 spiro atoms. The van der Waals surface area contributed by atoms with Crippen molar-refractivity contribution in [3.63, 3.8) is 0 Å². The smallest absolute Gasteiger partial charge is 0.122 e. The number of thioether (sulfide) groups is 2. The molecule has 2 aliphatic rings. The molecule has 0 aliphatic carbocycles. The molecule has 1 aromatic rings. The SMILES string of the molecule is CCNC(c1ccc2c(c1)CCO2)C1CSC(C)C(C)S1. The Bertz CT molecular complexity index is 494. The number of rotatable bonds is 4. The van der Waals surface area contributed by atoms with Gasteiger partial charge < -0.3 is 10.1 Å². The molecule has 1 N–H and O–H groups in total. The largest absolute Gasteiger partial charge is 0.493 e. The quantitative estimate of drug-likeness (QED) is 0.907. The van der Waals surface area contributed by atoms with Crippen molar-refractivity contribution in [2.75, 3.05) is 18.9 Å². The highest BCUT2D eigenvalue weighted by Crippen LogP contribution is 2.41. The number of ether oxygens (including phenoxy) is 1. The van der Waals surface area contributed by atoms with Crippen molar-refractivity contribution < 1.29 is 4.74 Å². The Morgan fingerprint density at radius 3 is 2.95 bits per heavy atom. The van der Waals surface area contributed by atoms with Gasteiger partial charge in [-0.15, -0.1) is 0 Å². The summed E-state index contributed by atoms with van der Waals surface area (Å²) in [6, 6.07) is 7.23. The molecule has 0 bridgehead atoms. The molecular formula is C17H25NOS2. The summed E-state index contributed by atoms with van der Waals surface area (Å²) in [5.41, 5.74) is 2.81. The standard InChI is InChI=1S/C17H25NOS2/c1-4-18-17(16-10-20-11(2)12(3)21-16)14-5-6-15-13(9-14)7-8-19-15/h5-6,9,11-12,16-18H,4,7-8,10H2,1-3H3. The summed E-state index contributed by atoms with van der Waals surface area (Å²) >= 11 is 4.28. The third-order valence-corrected chi connectivity index (χ3v) is 7.94. The summed E-state index contributed by atoms with van der Waals surface area (Å²) < 4.78 is 5.64. The van der Waals surface area contributed by atoms with E-state index in [1.165, 1.54) is 16.9 Å². The van der Waals surface area contributed by atoms with Crippen molar-refractivity contribution in [2.24, 2.45) is 0 Å². The molecule has 4 heteroatoms. The van der Waals surface area contributed by atoms with Crippen LogP contribution in [0.1, 0.15) is 37.9 Å². The van der Waals surface area contributed by atoms with E-state index in [9.17, 15) is 0 Å². The second-order valence-electron chi connectivity index (χ2n) is 5.92. The molecule has 21 heavy (non-hydrogen) atoms.